The molecule has 1 heterocycles. The summed E-state index contributed by atoms with van der Waals surface area (Å²) in [6, 6.07) is 3.98. The second kappa shape index (κ2) is 3.39. The van der Waals surface area contributed by atoms with E-state index in [4.69, 9.17) is 5.14 Å². The van der Waals surface area contributed by atoms with E-state index in [1.807, 2.05) is 0 Å². The molecule has 6 nitrogen and oxygen atoms in total. The van der Waals surface area contributed by atoms with Crippen LogP contribution in [0.4, 0.5) is 0 Å². The van der Waals surface area contributed by atoms with Crippen molar-refractivity contribution in [1.82, 2.24) is 9.55 Å². The van der Waals surface area contributed by atoms with E-state index in [9.17, 15) is 13.2 Å². The summed E-state index contributed by atoms with van der Waals surface area (Å²) in [6.45, 7) is 0. The minimum Gasteiger partial charge on any atom is -0.302 e. The monoisotopic (exact) mass is 239 g/mol. The van der Waals surface area contributed by atoms with Gasteiger partial charge in [0, 0.05) is 7.05 Å². The summed E-state index contributed by atoms with van der Waals surface area (Å²) in [4.78, 5) is 15.5. The van der Waals surface area contributed by atoms with Gasteiger partial charge in [0.1, 0.15) is 0 Å². The van der Waals surface area contributed by atoms with E-state index in [0.29, 0.717) is 10.9 Å². The minimum atomic E-state index is -3.77. The Labute approximate surface area is 91.4 Å². The number of hydrogen-bond acceptors (Lipinski definition) is 4. The first-order chi connectivity index (χ1) is 7.39. The smallest absolute Gasteiger partial charge is 0.260 e. The number of aryl methyl sites for hydroxylation is 1. The van der Waals surface area contributed by atoms with Gasteiger partial charge in [-0.3, -0.25) is 4.79 Å². The summed E-state index contributed by atoms with van der Waals surface area (Å²) in [6.07, 6.45) is 1.33. The lowest BCUT2D eigenvalue weighted by atomic mass is 10.2. The van der Waals surface area contributed by atoms with Crippen LogP contribution in [-0.2, 0) is 17.1 Å². The Balaban J connectivity index is 2.85. The molecule has 0 aliphatic carbocycles. The van der Waals surface area contributed by atoms with E-state index in [-0.39, 0.29) is 10.5 Å². The van der Waals surface area contributed by atoms with Crippen molar-refractivity contribution < 1.29 is 8.42 Å². The number of nitrogens with zero attached hydrogens (tertiary/aromatic N) is 2. The van der Waals surface area contributed by atoms with Crippen molar-refractivity contribution in [3.63, 3.8) is 0 Å². The highest BCUT2D eigenvalue weighted by Crippen LogP contribution is 2.12. The number of primary sulfonamides is 1. The van der Waals surface area contributed by atoms with Crippen molar-refractivity contribution in [3.05, 3.63) is 34.9 Å². The maximum absolute atomic E-state index is 11.6. The van der Waals surface area contributed by atoms with E-state index in [1.165, 1.54) is 29.1 Å². The first-order valence-corrected chi connectivity index (χ1v) is 5.92. The lowest BCUT2D eigenvalue weighted by Gasteiger charge is -2.02. The lowest BCUT2D eigenvalue weighted by Crippen LogP contribution is -2.18. The van der Waals surface area contributed by atoms with Crippen molar-refractivity contribution >= 4 is 20.9 Å². The van der Waals surface area contributed by atoms with Gasteiger partial charge in [0.05, 0.1) is 22.1 Å². The van der Waals surface area contributed by atoms with Crippen LogP contribution in [0, 0.1) is 0 Å². The number of rotatable bonds is 1. The number of nitrogens with two attached hydrogens (primary N) is 1. The van der Waals surface area contributed by atoms with E-state index in [1.54, 1.807) is 7.05 Å². The van der Waals surface area contributed by atoms with Crippen LogP contribution in [0.5, 0.6) is 0 Å². The summed E-state index contributed by atoms with van der Waals surface area (Å²) in [5.74, 6) is 0. The van der Waals surface area contributed by atoms with Gasteiger partial charge in [-0.2, -0.15) is 0 Å². The van der Waals surface area contributed by atoms with Gasteiger partial charge in [-0.1, -0.05) is 0 Å². The zero-order chi connectivity index (χ0) is 11.9. The van der Waals surface area contributed by atoms with E-state index >= 15 is 0 Å². The lowest BCUT2D eigenvalue weighted by molar-refractivity contribution is 0.598. The average Bonchev–Trinajstić information content (AvgIpc) is 2.22. The SMILES string of the molecule is Cn1cnc2cc(S(N)(=O)=O)ccc2c1=O. The van der Waals surface area contributed by atoms with Gasteiger partial charge in [0.2, 0.25) is 10.0 Å². The van der Waals surface area contributed by atoms with Crippen molar-refractivity contribution in [2.24, 2.45) is 12.2 Å². The second-order valence-corrected chi connectivity index (χ2v) is 4.95. The van der Waals surface area contributed by atoms with Crippen LogP contribution in [0.3, 0.4) is 0 Å². The van der Waals surface area contributed by atoms with Crippen molar-refractivity contribution in [1.29, 1.82) is 0 Å². The molecule has 0 aliphatic rings. The Bertz CT molecular complexity index is 718. The zero-order valence-electron chi connectivity index (χ0n) is 8.41. The number of benzene rings is 1. The van der Waals surface area contributed by atoms with Crippen LogP contribution in [0.15, 0.2) is 34.2 Å². The number of hydrogen-bond donors (Lipinski definition) is 1. The molecule has 7 heteroatoms. The highest BCUT2D eigenvalue weighted by atomic mass is 32.2. The van der Waals surface area contributed by atoms with Gasteiger partial charge in [0.15, 0.2) is 0 Å². The topological polar surface area (TPSA) is 95.1 Å². The summed E-state index contributed by atoms with van der Waals surface area (Å²) in [5, 5.41) is 5.34. The number of sulfonamides is 1. The second-order valence-electron chi connectivity index (χ2n) is 3.38. The van der Waals surface area contributed by atoms with E-state index in [2.05, 4.69) is 4.98 Å². The first kappa shape index (κ1) is 10.8. The average molecular weight is 239 g/mol. The van der Waals surface area contributed by atoms with Gasteiger partial charge < -0.3 is 4.57 Å². The summed E-state index contributed by atoms with van der Waals surface area (Å²) in [5.41, 5.74) is 0.0839. The van der Waals surface area contributed by atoms with E-state index < -0.39 is 10.0 Å². The third kappa shape index (κ3) is 1.70. The fourth-order valence-electron chi connectivity index (χ4n) is 1.37. The zero-order valence-corrected chi connectivity index (χ0v) is 9.23. The Hall–Kier alpha value is -1.73. The first-order valence-electron chi connectivity index (χ1n) is 4.38. The predicted molar refractivity (Wildman–Crippen MR) is 58.4 cm³/mol. The van der Waals surface area contributed by atoms with Crippen LogP contribution < -0.4 is 10.7 Å². The Morgan fingerprint density at radius 1 is 1.38 bits per heavy atom. The Morgan fingerprint density at radius 2 is 2.06 bits per heavy atom. The summed E-state index contributed by atoms with van der Waals surface area (Å²) >= 11 is 0. The van der Waals surface area contributed by atoms with Gasteiger partial charge in [-0.15, -0.1) is 0 Å². The maximum Gasteiger partial charge on any atom is 0.260 e. The quantitative estimate of drug-likeness (QED) is 0.731. The molecule has 1 aromatic carbocycles. The third-order valence-electron chi connectivity index (χ3n) is 2.22. The molecular weight excluding hydrogens is 230 g/mol. The van der Waals surface area contributed by atoms with Gasteiger partial charge in [-0.25, -0.2) is 18.5 Å². The molecule has 2 N–H and O–H groups in total. The van der Waals surface area contributed by atoms with Gasteiger partial charge >= 0.3 is 0 Å². The molecule has 0 radical (unpaired) electrons. The van der Waals surface area contributed by atoms with E-state index in [0.717, 1.165) is 0 Å². The van der Waals surface area contributed by atoms with Gasteiger partial charge in [0.25, 0.3) is 5.56 Å². The van der Waals surface area contributed by atoms with Crippen molar-refractivity contribution in [2.75, 3.05) is 0 Å². The highest BCUT2D eigenvalue weighted by Gasteiger charge is 2.10. The molecule has 0 saturated carbocycles. The molecule has 0 amide bonds. The highest BCUT2D eigenvalue weighted by molar-refractivity contribution is 7.89. The molecule has 0 aliphatic heterocycles. The molecule has 2 aromatic rings. The van der Waals surface area contributed by atoms with Gasteiger partial charge in [-0.05, 0) is 18.2 Å². The molecule has 0 unspecified atom stereocenters. The molecule has 0 saturated heterocycles. The molecule has 84 valence electrons. The Kier molecular flexibility index (Phi) is 2.28. The predicted octanol–water partition coefficient (Wildman–Crippen LogP) is -0.419. The normalized spacial score (nSPS) is 11.9. The standard InChI is InChI=1S/C9H9N3O3S/c1-12-5-11-8-4-6(16(10,14)15)2-3-7(8)9(12)13/h2-5H,1H3,(H2,10,14,15). The third-order valence-corrected chi connectivity index (χ3v) is 3.13. The molecule has 0 fully saturated rings. The number of aromatic nitrogens is 2. The molecule has 1 aromatic heterocycles. The fourth-order valence-corrected chi connectivity index (χ4v) is 1.90. The van der Waals surface area contributed by atoms with Crippen LogP contribution in [-0.4, -0.2) is 18.0 Å². The maximum atomic E-state index is 11.6. The largest absolute Gasteiger partial charge is 0.302 e. The van der Waals surface area contributed by atoms with Crippen LogP contribution in [0.1, 0.15) is 0 Å². The van der Waals surface area contributed by atoms with Crippen molar-refractivity contribution in [2.45, 2.75) is 4.90 Å². The summed E-state index contributed by atoms with van der Waals surface area (Å²) in [7, 11) is -2.19. The van der Waals surface area contributed by atoms with Crippen LogP contribution in [0.2, 0.25) is 0 Å². The molecule has 16 heavy (non-hydrogen) atoms. The molecular formula is C9H9N3O3S. The van der Waals surface area contributed by atoms with Crippen molar-refractivity contribution in [3.8, 4) is 0 Å². The molecule has 0 bridgehead atoms. The molecule has 0 spiro atoms. The molecule has 2 rings (SSSR count). The Morgan fingerprint density at radius 3 is 2.69 bits per heavy atom. The fraction of sp³-hybridized carbons (Fsp3) is 0.111. The molecule has 0 atom stereocenters. The summed E-state index contributed by atoms with van der Waals surface area (Å²) < 4.78 is 23.5. The van der Waals surface area contributed by atoms with Crippen LogP contribution in [0.25, 0.3) is 10.9 Å². The minimum absolute atomic E-state index is 0.0549. The van der Waals surface area contributed by atoms with Crippen LogP contribution >= 0.6 is 0 Å². The number of fused-ring (bicyclic) bond motifs is 1.